The summed E-state index contributed by atoms with van der Waals surface area (Å²) in [5.41, 5.74) is 0.747. The summed E-state index contributed by atoms with van der Waals surface area (Å²) in [7, 11) is 0. The number of halogens is 1. The quantitative estimate of drug-likeness (QED) is 0.751. The van der Waals surface area contributed by atoms with Crippen molar-refractivity contribution in [3.8, 4) is 0 Å². The van der Waals surface area contributed by atoms with Crippen molar-refractivity contribution < 1.29 is 13.0 Å². The van der Waals surface area contributed by atoms with Gasteiger partial charge in [0, 0.05) is 0 Å². The summed E-state index contributed by atoms with van der Waals surface area (Å²) in [5, 5.41) is 0. The molecule has 1 atom stereocenters. The van der Waals surface area contributed by atoms with Crippen LogP contribution in [0.25, 0.3) is 0 Å². The molecule has 0 bridgehead atoms. The zero-order valence-corrected chi connectivity index (χ0v) is 10.9. The molecule has 2 aromatic carbocycles. The third-order valence-corrected chi connectivity index (χ3v) is 5.80. The Kier molecular flexibility index (Phi) is 2.58. The normalized spacial score (nSPS) is 17.9. The average molecular weight is 308 g/mol. The summed E-state index contributed by atoms with van der Waals surface area (Å²) in [6.45, 7) is 0. The van der Waals surface area contributed by atoms with E-state index in [2.05, 4.69) is 0 Å². The SMILES string of the molecule is O=C1c2cccc(F)c2[Se](=O)N1c1ccccc1. The van der Waals surface area contributed by atoms with Gasteiger partial charge in [-0.1, -0.05) is 0 Å². The van der Waals surface area contributed by atoms with Gasteiger partial charge in [-0.15, -0.1) is 0 Å². The number of hydrogen-bond acceptors (Lipinski definition) is 2. The number of nitrogens with zero attached hydrogens (tertiary/aromatic N) is 1. The van der Waals surface area contributed by atoms with Crippen LogP contribution >= 0.6 is 0 Å². The first kappa shape index (κ1) is 11.3. The van der Waals surface area contributed by atoms with E-state index in [0.717, 1.165) is 0 Å². The molecule has 2 aromatic rings. The number of rotatable bonds is 1. The zero-order chi connectivity index (χ0) is 12.7. The van der Waals surface area contributed by atoms with Crippen LogP contribution in [0.3, 0.4) is 0 Å². The van der Waals surface area contributed by atoms with Gasteiger partial charge >= 0.3 is 107 Å². The standard InChI is InChI=1S/C13H8FNO2Se/c14-11-8-4-7-10-12(11)18(17)15(13(10)16)9-5-2-1-3-6-9/h1-8H. The fraction of sp³-hybridized carbons (Fsp3) is 0. The van der Waals surface area contributed by atoms with Gasteiger partial charge in [-0.25, -0.2) is 0 Å². The van der Waals surface area contributed by atoms with E-state index in [1.165, 1.54) is 22.1 Å². The van der Waals surface area contributed by atoms with Crippen LogP contribution in [0, 0.1) is 5.82 Å². The molecule has 1 aliphatic rings. The summed E-state index contributed by atoms with van der Waals surface area (Å²) in [6.07, 6.45) is 0. The monoisotopic (exact) mass is 309 g/mol. The third kappa shape index (κ3) is 1.52. The fourth-order valence-electron chi connectivity index (χ4n) is 1.91. The molecule has 3 nitrogen and oxygen atoms in total. The van der Waals surface area contributed by atoms with Crippen molar-refractivity contribution in [3.05, 3.63) is 59.9 Å². The predicted octanol–water partition coefficient (Wildman–Crippen LogP) is 1.61. The molecule has 5 heteroatoms. The van der Waals surface area contributed by atoms with Crippen LogP contribution in [0.15, 0.2) is 48.5 Å². The van der Waals surface area contributed by atoms with Crippen LogP contribution in [0.2, 0.25) is 0 Å². The molecular weight excluding hydrogens is 300 g/mol. The topological polar surface area (TPSA) is 37.4 Å². The molecule has 1 amide bonds. The number of carbonyl (C=O) groups excluding carboxylic acids is 1. The van der Waals surface area contributed by atoms with E-state index in [1.54, 1.807) is 30.3 Å². The van der Waals surface area contributed by atoms with Crippen LogP contribution < -0.4 is 8.38 Å². The maximum absolute atomic E-state index is 13.7. The minimum absolute atomic E-state index is 0.0614. The first-order valence-corrected chi connectivity index (χ1v) is 7.62. The number of hydrogen-bond donors (Lipinski definition) is 0. The van der Waals surface area contributed by atoms with Gasteiger partial charge in [-0.05, 0) is 0 Å². The van der Waals surface area contributed by atoms with E-state index >= 15 is 0 Å². The Morgan fingerprint density at radius 3 is 2.39 bits per heavy atom. The van der Waals surface area contributed by atoms with Gasteiger partial charge in [-0.3, -0.25) is 0 Å². The van der Waals surface area contributed by atoms with E-state index in [9.17, 15) is 13.0 Å². The van der Waals surface area contributed by atoms with Crippen molar-refractivity contribution in [3.63, 3.8) is 0 Å². The number of amides is 1. The number of fused-ring (bicyclic) bond motifs is 1. The molecule has 0 spiro atoms. The second-order valence-corrected chi connectivity index (χ2v) is 6.47. The molecule has 1 unspecified atom stereocenters. The van der Waals surface area contributed by atoms with Crippen molar-refractivity contribution in [1.29, 1.82) is 0 Å². The Labute approximate surface area is 107 Å². The number of para-hydroxylation sites is 1. The fourth-order valence-corrected chi connectivity index (χ4v) is 4.68. The molecule has 0 radical (unpaired) electrons. The molecule has 0 N–H and O–H groups in total. The van der Waals surface area contributed by atoms with Crippen molar-refractivity contribution in [1.82, 2.24) is 0 Å². The molecule has 0 saturated heterocycles. The van der Waals surface area contributed by atoms with Gasteiger partial charge in [0.05, 0.1) is 0 Å². The number of anilines is 1. The molecule has 18 heavy (non-hydrogen) atoms. The van der Waals surface area contributed by atoms with Gasteiger partial charge in [0.25, 0.3) is 0 Å². The second kappa shape index (κ2) is 4.12. The predicted molar refractivity (Wildman–Crippen MR) is 65.7 cm³/mol. The van der Waals surface area contributed by atoms with Crippen molar-refractivity contribution in [2.45, 2.75) is 0 Å². The van der Waals surface area contributed by atoms with Crippen LogP contribution in [0.1, 0.15) is 10.4 Å². The van der Waals surface area contributed by atoms with Crippen LogP contribution in [0.4, 0.5) is 10.1 Å². The summed E-state index contributed by atoms with van der Waals surface area (Å²) in [4.78, 5) is 12.2. The second-order valence-electron chi connectivity index (χ2n) is 3.80. The van der Waals surface area contributed by atoms with E-state index in [0.29, 0.717) is 5.69 Å². The van der Waals surface area contributed by atoms with E-state index in [-0.39, 0.29) is 10.0 Å². The summed E-state index contributed by atoms with van der Waals surface area (Å²) < 4.78 is 27.2. The van der Waals surface area contributed by atoms with Crippen LogP contribution in [-0.2, 0) is 3.83 Å². The molecule has 0 aliphatic carbocycles. The van der Waals surface area contributed by atoms with E-state index < -0.39 is 25.8 Å². The summed E-state index contributed by atoms with van der Waals surface area (Å²) >= 11 is -2.88. The first-order chi connectivity index (χ1) is 8.70. The van der Waals surface area contributed by atoms with Crippen molar-refractivity contribution in [2.75, 3.05) is 3.92 Å². The molecule has 0 saturated carbocycles. The van der Waals surface area contributed by atoms with Crippen molar-refractivity contribution in [2.24, 2.45) is 0 Å². The van der Waals surface area contributed by atoms with Gasteiger partial charge in [0.2, 0.25) is 0 Å². The Morgan fingerprint density at radius 1 is 1.00 bits per heavy atom. The van der Waals surface area contributed by atoms with E-state index in [1.807, 2.05) is 0 Å². The maximum atomic E-state index is 13.7. The number of benzene rings is 2. The Bertz CT molecular complexity index is 657. The van der Waals surface area contributed by atoms with Crippen molar-refractivity contribution >= 4 is 30.1 Å². The first-order valence-electron chi connectivity index (χ1n) is 5.30. The molecule has 0 fully saturated rings. The third-order valence-electron chi connectivity index (χ3n) is 2.71. The molecule has 90 valence electrons. The molecular formula is C13H8FNO2Se. The Morgan fingerprint density at radius 2 is 1.72 bits per heavy atom. The Balaban J connectivity index is 2.17. The molecule has 1 aliphatic heterocycles. The van der Waals surface area contributed by atoms with Gasteiger partial charge in [0.15, 0.2) is 0 Å². The number of carbonyl (C=O) groups is 1. The van der Waals surface area contributed by atoms with Gasteiger partial charge in [-0.2, -0.15) is 0 Å². The molecule has 3 rings (SSSR count). The van der Waals surface area contributed by atoms with Crippen LogP contribution in [0.5, 0.6) is 0 Å². The Hall–Kier alpha value is -1.84. The summed E-state index contributed by atoms with van der Waals surface area (Å²) in [5.74, 6) is -0.963. The average Bonchev–Trinajstić information content (AvgIpc) is 2.64. The van der Waals surface area contributed by atoms with Gasteiger partial charge in [0.1, 0.15) is 0 Å². The van der Waals surface area contributed by atoms with E-state index in [4.69, 9.17) is 0 Å². The molecule has 1 heterocycles. The molecule has 0 aromatic heterocycles. The summed E-state index contributed by atoms with van der Waals surface area (Å²) in [6, 6.07) is 12.9. The zero-order valence-electron chi connectivity index (χ0n) is 9.17. The van der Waals surface area contributed by atoms with Crippen LogP contribution in [-0.4, -0.2) is 20.0 Å². The van der Waals surface area contributed by atoms with Gasteiger partial charge < -0.3 is 0 Å². The minimum atomic E-state index is -2.88.